The molecule has 5 nitrogen and oxygen atoms in total. The minimum absolute atomic E-state index is 0.125. The Morgan fingerprint density at radius 1 is 1.21 bits per heavy atom. The van der Waals surface area contributed by atoms with Gasteiger partial charge in [0.15, 0.2) is 11.0 Å². The average Bonchev–Trinajstić information content (AvgIpc) is 3.02. The third-order valence-electron chi connectivity index (χ3n) is 3.83. The van der Waals surface area contributed by atoms with Crippen LogP contribution in [0.5, 0.6) is 0 Å². The SMILES string of the molecule is Cn1c(SCC(=O)Nc2ccc(Br)cc2C(F)(F)F)nnc1-c1ccc(Cl)cc1. The molecule has 0 unspecified atom stereocenters. The highest BCUT2D eigenvalue weighted by atomic mass is 79.9. The summed E-state index contributed by atoms with van der Waals surface area (Å²) in [4.78, 5) is 12.2. The fraction of sp³-hybridized carbons (Fsp3) is 0.167. The molecular weight excluding hydrogens is 493 g/mol. The molecule has 0 bridgehead atoms. The summed E-state index contributed by atoms with van der Waals surface area (Å²) in [5.41, 5.74) is -0.426. The molecule has 3 aromatic rings. The highest BCUT2D eigenvalue weighted by molar-refractivity contribution is 9.10. The summed E-state index contributed by atoms with van der Waals surface area (Å²) in [6.45, 7) is 0. The second-order valence-electron chi connectivity index (χ2n) is 5.90. The fourth-order valence-electron chi connectivity index (χ4n) is 2.47. The molecular formula is C18H13BrClF3N4OS. The maximum atomic E-state index is 13.2. The van der Waals surface area contributed by atoms with E-state index in [-0.39, 0.29) is 15.9 Å². The molecule has 1 heterocycles. The first-order valence-electron chi connectivity index (χ1n) is 8.10. The van der Waals surface area contributed by atoms with E-state index in [1.165, 1.54) is 12.1 Å². The predicted octanol–water partition coefficient (Wildman–Crippen LogP) is 5.65. The lowest BCUT2D eigenvalue weighted by Gasteiger charge is -2.14. The van der Waals surface area contributed by atoms with Gasteiger partial charge in [0, 0.05) is 22.1 Å². The van der Waals surface area contributed by atoms with Crippen LogP contribution >= 0.6 is 39.3 Å². The first-order chi connectivity index (χ1) is 13.6. The van der Waals surface area contributed by atoms with Crippen LogP contribution < -0.4 is 5.32 Å². The van der Waals surface area contributed by atoms with Crippen LogP contribution in [0.1, 0.15) is 5.56 Å². The molecule has 1 N–H and O–H groups in total. The Bertz CT molecular complexity index is 1040. The zero-order chi connectivity index (χ0) is 21.2. The molecule has 0 saturated carbocycles. The molecule has 11 heteroatoms. The van der Waals surface area contributed by atoms with E-state index in [9.17, 15) is 18.0 Å². The third kappa shape index (κ3) is 5.31. The number of thioether (sulfide) groups is 1. The summed E-state index contributed by atoms with van der Waals surface area (Å²) in [6, 6.07) is 10.6. The second-order valence-corrected chi connectivity index (χ2v) is 8.19. The number of aromatic nitrogens is 3. The monoisotopic (exact) mass is 504 g/mol. The summed E-state index contributed by atoms with van der Waals surface area (Å²) in [5, 5.41) is 11.5. The lowest BCUT2D eigenvalue weighted by atomic mass is 10.1. The quantitative estimate of drug-likeness (QED) is 0.456. The van der Waals surface area contributed by atoms with Gasteiger partial charge in [-0.2, -0.15) is 13.2 Å². The molecule has 1 amide bonds. The number of alkyl halides is 3. The van der Waals surface area contributed by atoms with Crippen molar-refractivity contribution < 1.29 is 18.0 Å². The lowest BCUT2D eigenvalue weighted by molar-refractivity contribution is -0.137. The van der Waals surface area contributed by atoms with Gasteiger partial charge >= 0.3 is 6.18 Å². The van der Waals surface area contributed by atoms with Crippen LogP contribution in [0.3, 0.4) is 0 Å². The van der Waals surface area contributed by atoms with E-state index >= 15 is 0 Å². The van der Waals surface area contributed by atoms with Gasteiger partial charge in [-0.05, 0) is 42.5 Å². The highest BCUT2D eigenvalue weighted by Crippen LogP contribution is 2.36. The van der Waals surface area contributed by atoms with Crippen molar-refractivity contribution in [1.82, 2.24) is 14.8 Å². The van der Waals surface area contributed by atoms with Crippen LogP contribution in [-0.2, 0) is 18.0 Å². The minimum Gasteiger partial charge on any atom is -0.325 e. The number of benzene rings is 2. The Morgan fingerprint density at radius 3 is 2.55 bits per heavy atom. The Hall–Kier alpha value is -2.04. The lowest BCUT2D eigenvalue weighted by Crippen LogP contribution is -2.18. The maximum absolute atomic E-state index is 13.2. The topological polar surface area (TPSA) is 59.8 Å². The number of hydrogen-bond donors (Lipinski definition) is 1. The van der Waals surface area contributed by atoms with Gasteiger partial charge in [-0.1, -0.05) is 39.3 Å². The molecule has 2 aromatic carbocycles. The molecule has 1 aromatic heterocycles. The number of rotatable bonds is 5. The average molecular weight is 506 g/mol. The molecule has 0 saturated heterocycles. The van der Waals surface area contributed by atoms with E-state index < -0.39 is 17.6 Å². The van der Waals surface area contributed by atoms with E-state index in [1.807, 2.05) is 0 Å². The molecule has 0 fully saturated rings. The molecule has 3 rings (SSSR count). The normalized spacial score (nSPS) is 11.5. The number of hydrogen-bond acceptors (Lipinski definition) is 4. The zero-order valence-corrected chi connectivity index (χ0v) is 18.0. The van der Waals surface area contributed by atoms with Crippen molar-refractivity contribution in [3.05, 3.63) is 57.5 Å². The van der Waals surface area contributed by atoms with Crippen LogP contribution in [-0.4, -0.2) is 26.4 Å². The van der Waals surface area contributed by atoms with Crippen molar-refractivity contribution in [3.8, 4) is 11.4 Å². The predicted molar refractivity (Wildman–Crippen MR) is 110 cm³/mol. The van der Waals surface area contributed by atoms with Crippen molar-refractivity contribution in [2.24, 2.45) is 7.05 Å². The van der Waals surface area contributed by atoms with Crippen LogP contribution in [0.2, 0.25) is 5.02 Å². The maximum Gasteiger partial charge on any atom is 0.418 e. The van der Waals surface area contributed by atoms with Crippen LogP contribution in [0.15, 0.2) is 52.1 Å². The Balaban J connectivity index is 1.69. The number of anilines is 1. The van der Waals surface area contributed by atoms with Crippen LogP contribution in [0.25, 0.3) is 11.4 Å². The van der Waals surface area contributed by atoms with E-state index in [4.69, 9.17) is 11.6 Å². The Labute approximate surface area is 181 Å². The molecule has 0 aliphatic heterocycles. The largest absolute Gasteiger partial charge is 0.418 e. The Morgan fingerprint density at radius 2 is 1.90 bits per heavy atom. The molecule has 0 atom stereocenters. The number of carbonyl (C=O) groups excluding carboxylic acids is 1. The molecule has 152 valence electrons. The second kappa shape index (κ2) is 8.76. The standard InChI is InChI=1S/C18H13BrClF3N4OS/c1-27-16(10-2-5-12(20)6-3-10)25-26-17(27)29-9-15(28)24-14-7-4-11(19)8-13(14)18(21,22)23/h2-8H,9H2,1H3,(H,24,28). The van der Waals surface area contributed by atoms with E-state index in [0.29, 0.717) is 16.0 Å². The van der Waals surface area contributed by atoms with Crippen molar-refractivity contribution >= 4 is 50.9 Å². The molecule has 29 heavy (non-hydrogen) atoms. The summed E-state index contributed by atoms with van der Waals surface area (Å²) >= 11 is 9.96. The van der Waals surface area contributed by atoms with Gasteiger partial charge in [0.2, 0.25) is 5.91 Å². The highest BCUT2D eigenvalue weighted by Gasteiger charge is 2.34. The number of carbonyl (C=O) groups is 1. The summed E-state index contributed by atoms with van der Waals surface area (Å²) in [7, 11) is 1.74. The van der Waals surface area contributed by atoms with Crippen molar-refractivity contribution in [2.45, 2.75) is 11.3 Å². The van der Waals surface area contributed by atoms with Crippen LogP contribution in [0, 0.1) is 0 Å². The van der Waals surface area contributed by atoms with Gasteiger partial charge in [-0.25, -0.2) is 0 Å². The van der Waals surface area contributed by atoms with Gasteiger partial charge in [-0.3, -0.25) is 4.79 Å². The van der Waals surface area contributed by atoms with E-state index in [0.717, 1.165) is 23.4 Å². The van der Waals surface area contributed by atoms with Gasteiger partial charge < -0.3 is 9.88 Å². The zero-order valence-electron chi connectivity index (χ0n) is 14.8. The Kier molecular flexibility index (Phi) is 6.55. The number of amides is 1. The van der Waals surface area contributed by atoms with Crippen molar-refractivity contribution in [2.75, 3.05) is 11.1 Å². The number of nitrogens with zero attached hydrogens (tertiary/aromatic N) is 3. The smallest absolute Gasteiger partial charge is 0.325 e. The number of nitrogens with one attached hydrogen (secondary N) is 1. The first-order valence-corrected chi connectivity index (χ1v) is 10.3. The molecule has 0 aliphatic rings. The van der Waals surface area contributed by atoms with Crippen LogP contribution in [0.4, 0.5) is 18.9 Å². The van der Waals surface area contributed by atoms with Crippen molar-refractivity contribution in [1.29, 1.82) is 0 Å². The number of halogens is 5. The van der Waals surface area contributed by atoms with Crippen molar-refractivity contribution in [3.63, 3.8) is 0 Å². The minimum atomic E-state index is -4.59. The third-order valence-corrected chi connectivity index (χ3v) is 5.60. The molecule has 0 radical (unpaired) electrons. The molecule has 0 aliphatic carbocycles. The summed E-state index contributed by atoms with van der Waals surface area (Å²) in [5.74, 6) is -0.129. The van der Waals surface area contributed by atoms with E-state index in [1.54, 1.807) is 35.9 Å². The summed E-state index contributed by atoms with van der Waals surface area (Å²) in [6.07, 6.45) is -4.59. The molecule has 0 spiro atoms. The van der Waals surface area contributed by atoms with Gasteiger partial charge in [0.1, 0.15) is 0 Å². The van der Waals surface area contributed by atoms with Gasteiger partial charge in [0.05, 0.1) is 17.0 Å². The fourth-order valence-corrected chi connectivity index (χ4v) is 3.67. The van der Waals surface area contributed by atoms with Gasteiger partial charge in [0.25, 0.3) is 0 Å². The summed E-state index contributed by atoms with van der Waals surface area (Å²) < 4.78 is 41.5. The first kappa shape index (κ1) is 21.7. The van der Waals surface area contributed by atoms with Gasteiger partial charge in [-0.15, -0.1) is 10.2 Å². The van der Waals surface area contributed by atoms with E-state index in [2.05, 4.69) is 31.4 Å².